The molecule has 2 amide bonds. The molecule has 1 unspecified atom stereocenters. The second-order valence-electron chi connectivity index (χ2n) is 5.37. The van der Waals surface area contributed by atoms with Gasteiger partial charge in [0.1, 0.15) is 11.8 Å². The lowest BCUT2D eigenvalue weighted by Crippen LogP contribution is -2.47. The maximum absolute atomic E-state index is 12.3. The smallest absolute Gasteiger partial charge is 0.326 e. The number of hydrogen-bond donors (Lipinski definition) is 2. The van der Waals surface area contributed by atoms with Gasteiger partial charge >= 0.3 is 12.0 Å². The van der Waals surface area contributed by atoms with Crippen molar-refractivity contribution in [3.63, 3.8) is 0 Å². The topological polar surface area (TPSA) is 78.9 Å². The molecule has 2 aliphatic rings. The van der Waals surface area contributed by atoms with Crippen LogP contribution in [0.4, 0.5) is 4.79 Å². The van der Waals surface area contributed by atoms with Crippen molar-refractivity contribution in [1.29, 1.82) is 0 Å². The van der Waals surface area contributed by atoms with Crippen molar-refractivity contribution in [3.05, 3.63) is 29.8 Å². The van der Waals surface area contributed by atoms with E-state index in [1.165, 1.54) is 4.90 Å². The van der Waals surface area contributed by atoms with Crippen LogP contribution in [-0.4, -0.2) is 41.2 Å². The molecule has 112 valence electrons. The molecule has 3 rings (SSSR count). The van der Waals surface area contributed by atoms with Crippen molar-refractivity contribution in [2.24, 2.45) is 0 Å². The van der Waals surface area contributed by atoms with Crippen LogP contribution in [0.5, 0.6) is 5.75 Å². The van der Waals surface area contributed by atoms with E-state index in [2.05, 4.69) is 5.32 Å². The van der Waals surface area contributed by atoms with Crippen LogP contribution >= 0.6 is 0 Å². The van der Waals surface area contributed by atoms with Gasteiger partial charge in [0, 0.05) is 18.5 Å². The van der Waals surface area contributed by atoms with E-state index < -0.39 is 12.0 Å². The molecule has 1 aromatic carbocycles. The number of carbonyl (C=O) groups excluding carboxylic acids is 1. The minimum absolute atomic E-state index is 0.127. The average molecular weight is 290 g/mol. The second-order valence-corrected chi connectivity index (χ2v) is 5.37. The van der Waals surface area contributed by atoms with Crippen molar-refractivity contribution < 1.29 is 19.4 Å². The molecule has 1 saturated heterocycles. The van der Waals surface area contributed by atoms with E-state index in [4.69, 9.17) is 9.84 Å². The monoisotopic (exact) mass is 290 g/mol. The summed E-state index contributed by atoms with van der Waals surface area (Å²) >= 11 is 0. The number of aliphatic carboxylic acids is 1. The molecule has 6 nitrogen and oxygen atoms in total. The number of nitrogens with one attached hydrogen (secondary N) is 1. The number of benzene rings is 1. The van der Waals surface area contributed by atoms with Gasteiger partial charge in [-0.1, -0.05) is 18.2 Å². The summed E-state index contributed by atoms with van der Waals surface area (Å²) in [6, 6.07) is 6.47. The fraction of sp³-hybridized carbons (Fsp3) is 0.467. The molecule has 1 fully saturated rings. The van der Waals surface area contributed by atoms with Gasteiger partial charge in [-0.3, -0.25) is 0 Å². The number of rotatable bonds is 2. The Morgan fingerprint density at radius 2 is 2.10 bits per heavy atom. The van der Waals surface area contributed by atoms with E-state index in [1.54, 1.807) is 0 Å². The number of urea groups is 1. The molecular formula is C15H18N2O4. The van der Waals surface area contributed by atoms with E-state index in [1.807, 2.05) is 24.3 Å². The van der Waals surface area contributed by atoms with E-state index in [0.29, 0.717) is 26.0 Å². The number of fused-ring (bicyclic) bond motifs is 1. The summed E-state index contributed by atoms with van der Waals surface area (Å²) in [6.07, 6.45) is 1.94. The first-order chi connectivity index (χ1) is 10.2. The van der Waals surface area contributed by atoms with Gasteiger partial charge in [0.15, 0.2) is 0 Å². The molecule has 21 heavy (non-hydrogen) atoms. The summed E-state index contributed by atoms with van der Waals surface area (Å²) in [4.78, 5) is 24.9. The molecule has 1 aromatic rings. The van der Waals surface area contributed by atoms with Gasteiger partial charge in [-0.15, -0.1) is 0 Å². The summed E-state index contributed by atoms with van der Waals surface area (Å²) in [6.45, 7) is 1.04. The molecule has 0 radical (unpaired) electrons. The summed E-state index contributed by atoms with van der Waals surface area (Å²) in [7, 11) is 0. The van der Waals surface area contributed by atoms with Gasteiger partial charge in [0.2, 0.25) is 0 Å². The Balaban J connectivity index is 1.73. The number of ether oxygens (including phenoxy) is 1. The Kier molecular flexibility index (Phi) is 3.68. The van der Waals surface area contributed by atoms with E-state index in [9.17, 15) is 9.59 Å². The SMILES string of the molecule is O=C(O)[C@@H]1CCCN1C(=O)NC1CCOc2ccccc21. The zero-order valence-electron chi connectivity index (χ0n) is 11.6. The van der Waals surface area contributed by atoms with Crippen LogP contribution in [0.1, 0.15) is 30.9 Å². The van der Waals surface area contributed by atoms with Crippen molar-refractivity contribution in [3.8, 4) is 5.75 Å². The minimum atomic E-state index is -0.935. The van der Waals surface area contributed by atoms with Crippen molar-refractivity contribution in [1.82, 2.24) is 10.2 Å². The Morgan fingerprint density at radius 3 is 2.90 bits per heavy atom. The predicted molar refractivity (Wildman–Crippen MR) is 75.2 cm³/mol. The highest BCUT2D eigenvalue weighted by atomic mass is 16.5. The van der Waals surface area contributed by atoms with Crippen LogP contribution < -0.4 is 10.1 Å². The first-order valence-electron chi connectivity index (χ1n) is 7.18. The molecule has 0 saturated carbocycles. The van der Waals surface area contributed by atoms with Gasteiger partial charge < -0.3 is 20.1 Å². The predicted octanol–water partition coefficient (Wildman–Crippen LogP) is 1.77. The van der Waals surface area contributed by atoms with Gasteiger partial charge in [-0.05, 0) is 18.9 Å². The van der Waals surface area contributed by atoms with E-state index in [-0.39, 0.29) is 12.1 Å². The summed E-state index contributed by atoms with van der Waals surface area (Å²) in [5.74, 6) is -0.153. The van der Waals surface area contributed by atoms with Gasteiger partial charge in [0.25, 0.3) is 0 Å². The highest BCUT2D eigenvalue weighted by Gasteiger charge is 2.35. The number of para-hydroxylation sites is 1. The van der Waals surface area contributed by atoms with Crippen LogP contribution in [0.25, 0.3) is 0 Å². The first-order valence-corrected chi connectivity index (χ1v) is 7.18. The third-order valence-corrected chi connectivity index (χ3v) is 4.05. The Labute approximate surface area is 122 Å². The number of amides is 2. The quantitative estimate of drug-likeness (QED) is 0.870. The summed E-state index contributed by atoms with van der Waals surface area (Å²) in [5.41, 5.74) is 0.947. The largest absolute Gasteiger partial charge is 0.493 e. The molecule has 0 aromatic heterocycles. The molecule has 0 aliphatic carbocycles. The second kappa shape index (κ2) is 5.63. The molecule has 2 atom stereocenters. The number of carboxylic acids is 1. The lowest BCUT2D eigenvalue weighted by molar-refractivity contribution is -0.141. The lowest BCUT2D eigenvalue weighted by atomic mass is 10.0. The minimum Gasteiger partial charge on any atom is -0.493 e. The normalized spacial score (nSPS) is 24.1. The maximum Gasteiger partial charge on any atom is 0.326 e. The highest BCUT2D eigenvalue weighted by Crippen LogP contribution is 2.32. The maximum atomic E-state index is 12.3. The van der Waals surface area contributed by atoms with Crippen LogP contribution in [0.15, 0.2) is 24.3 Å². The highest BCUT2D eigenvalue weighted by molar-refractivity contribution is 5.83. The van der Waals surface area contributed by atoms with E-state index >= 15 is 0 Å². The molecule has 0 spiro atoms. The van der Waals surface area contributed by atoms with Gasteiger partial charge in [-0.2, -0.15) is 0 Å². The number of nitrogens with zero attached hydrogens (tertiary/aromatic N) is 1. The zero-order chi connectivity index (χ0) is 14.8. The number of hydrogen-bond acceptors (Lipinski definition) is 3. The van der Waals surface area contributed by atoms with Crippen LogP contribution in [0.2, 0.25) is 0 Å². The van der Waals surface area contributed by atoms with E-state index in [0.717, 1.165) is 17.7 Å². The van der Waals surface area contributed by atoms with Crippen LogP contribution in [-0.2, 0) is 4.79 Å². The fourth-order valence-electron chi connectivity index (χ4n) is 2.99. The third-order valence-electron chi connectivity index (χ3n) is 4.05. The zero-order valence-corrected chi connectivity index (χ0v) is 11.6. The van der Waals surface area contributed by atoms with Crippen molar-refractivity contribution >= 4 is 12.0 Å². The number of likely N-dealkylation sites (tertiary alicyclic amines) is 1. The standard InChI is InChI=1S/C15H18N2O4/c18-14(19)12-5-3-8-17(12)15(20)16-11-7-9-21-13-6-2-1-4-10(11)13/h1-2,4,6,11-12H,3,5,7-9H2,(H,16,20)(H,18,19)/t11?,12-/m0/s1. The molecule has 6 heteroatoms. The summed E-state index contributed by atoms with van der Waals surface area (Å²) in [5, 5.41) is 12.1. The van der Waals surface area contributed by atoms with Crippen LogP contribution in [0, 0.1) is 0 Å². The number of carbonyl (C=O) groups is 2. The average Bonchev–Trinajstić information content (AvgIpc) is 2.97. The molecule has 2 heterocycles. The Morgan fingerprint density at radius 1 is 1.29 bits per heavy atom. The molecule has 2 aliphatic heterocycles. The first kappa shape index (κ1) is 13.7. The Hall–Kier alpha value is -2.24. The number of carboxylic acid groups (broad SMARTS) is 1. The van der Waals surface area contributed by atoms with Gasteiger partial charge in [0.05, 0.1) is 12.6 Å². The molecule has 0 bridgehead atoms. The third kappa shape index (κ3) is 2.66. The van der Waals surface area contributed by atoms with Crippen LogP contribution in [0.3, 0.4) is 0 Å². The lowest BCUT2D eigenvalue weighted by Gasteiger charge is -2.29. The van der Waals surface area contributed by atoms with Crippen molar-refractivity contribution in [2.75, 3.05) is 13.2 Å². The van der Waals surface area contributed by atoms with Crippen molar-refractivity contribution in [2.45, 2.75) is 31.3 Å². The Bertz CT molecular complexity index is 560. The summed E-state index contributed by atoms with van der Waals surface area (Å²) < 4.78 is 5.56. The fourth-order valence-corrected chi connectivity index (χ4v) is 2.99. The molecular weight excluding hydrogens is 272 g/mol. The van der Waals surface area contributed by atoms with Gasteiger partial charge in [-0.25, -0.2) is 9.59 Å². The molecule has 2 N–H and O–H groups in total.